The number of hydrogen-bond acceptors (Lipinski definition) is 4. The molecule has 27 heavy (non-hydrogen) atoms. The third kappa shape index (κ3) is 3.97. The van der Waals surface area contributed by atoms with E-state index in [1.807, 2.05) is 0 Å². The van der Waals surface area contributed by atoms with Crippen molar-refractivity contribution in [2.75, 3.05) is 6.61 Å². The number of carbonyl (C=O) groups is 1. The van der Waals surface area contributed by atoms with Gasteiger partial charge in [0.25, 0.3) is 5.91 Å². The van der Waals surface area contributed by atoms with Crippen molar-refractivity contribution in [2.24, 2.45) is 0 Å². The van der Waals surface area contributed by atoms with Gasteiger partial charge in [0.05, 0.1) is 6.54 Å². The van der Waals surface area contributed by atoms with Gasteiger partial charge in [-0.05, 0) is 24.6 Å². The molecule has 1 aliphatic heterocycles. The van der Waals surface area contributed by atoms with Crippen LogP contribution in [0.2, 0.25) is 5.15 Å². The summed E-state index contributed by atoms with van der Waals surface area (Å²) < 4.78 is 55.0. The molecule has 3 rings (SSSR count). The first kappa shape index (κ1) is 19.3. The van der Waals surface area contributed by atoms with E-state index in [2.05, 4.69) is 9.97 Å². The topological polar surface area (TPSA) is 55.3 Å². The third-order valence-corrected chi connectivity index (χ3v) is 4.38. The summed E-state index contributed by atoms with van der Waals surface area (Å²) in [6, 6.07) is 3.19. The molecule has 0 spiro atoms. The summed E-state index contributed by atoms with van der Waals surface area (Å²) >= 11 is 6.01. The van der Waals surface area contributed by atoms with Crippen LogP contribution in [0.5, 0.6) is 5.88 Å². The number of aryl methyl sites for hydroxylation is 1. The fourth-order valence-electron chi connectivity index (χ4n) is 2.68. The Morgan fingerprint density at radius 3 is 2.74 bits per heavy atom. The van der Waals surface area contributed by atoms with Crippen molar-refractivity contribution in [2.45, 2.75) is 32.4 Å². The van der Waals surface area contributed by atoms with Crippen LogP contribution in [0.25, 0.3) is 0 Å². The standard InChI is InChI=1S/C17H14ClF4N3O2/c1-9-4-10(5-24-14(9)27-8-17(21,22)16(19)20)6-25-7-12-11(15(25)26)2-3-23-13(12)18/h2-5,16H,6-8H2,1H3. The van der Waals surface area contributed by atoms with Crippen molar-refractivity contribution >= 4 is 17.5 Å². The fraction of sp³-hybridized carbons (Fsp3) is 0.353. The van der Waals surface area contributed by atoms with Crippen LogP contribution >= 0.6 is 11.6 Å². The lowest BCUT2D eigenvalue weighted by Crippen LogP contribution is -2.34. The SMILES string of the molecule is Cc1cc(CN2Cc3c(ccnc3Cl)C2=O)cnc1OCC(F)(F)C(F)F. The highest BCUT2D eigenvalue weighted by Gasteiger charge is 2.42. The summed E-state index contributed by atoms with van der Waals surface area (Å²) in [6.07, 6.45) is -1.02. The smallest absolute Gasteiger partial charge is 0.340 e. The first-order valence-corrected chi connectivity index (χ1v) is 8.24. The van der Waals surface area contributed by atoms with Gasteiger partial charge in [0.2, 0.25) is 5.88 Å². The minimum absolute atomic E-state index is 0.164. The number of hydrogen-bond donors (Lipinski definition) is 0. The molecule has 5 nitrogen and oxygen atoms in total. The molecular formula is C17H14ClF4N3O2. The summed E-state index contributed by atoms with van der Waals surface area (Å²) in [6.45, 7) is 0.584. The lowest BCUT2D eigenvalue weighted by Gasteiger charge is -2.18. The van der Waals surface area contributed by atoms with Gasteiger partial charge < -0.3 is 9.64 Å². The van der Waals surface area contributed by atoms with Crippen molar-refractivity contribution in [3.05, 3.63) is 51.9 Å². The van der Waals surface area contributed by atoms with E-state index < -0.39 is 19.0 Å². The Kier molecular flexibility index (Phi) is 5.23. The van der Waals surface area contributed by atoms with Crippen LogP contribution in [0.1, 0.15) is 27.0 Å². The van der Waals surface area contributed by atoms with Crippen LogP contribution < -0.4 is 4.74 Å². The molecule has 2 aromatic rings. The monoisotopic (exact) mass is 403 g/mol. The minimum atomic E-state index is -4.26. The number of rotatable bonds is 6. The molecule has 2 aromatic heterocycles. The van der Waals surface area contributed by atoms with Crippen LogP contribution in [-0.4, -0.2) is 39.7 Å². The third-order valence-electron chi connectivity index (χ3n) is 4.05. The summed E-state index contributed by atoms with van der Waals surface area (Å²) in [4.78, 5) is 21.8. The zero-order valence-electron chi connectivity index (χ0n) is 14.1. The molecule has 1 amide bonds. The molecule has 0 N–H and O–H groups in total. The van der Waals surface area contributed by atoms with Crippen molar-refractivity contribution in [3.63, 3.8) is 0 Å². The molecular weight excluding hydrogens is 390 g/mol. The lowest BCUT2D eigenvalue weighted by molar-refractivity contribution is -0.148. The number of pyridine rings is 2. The molecule has 0 saturated carbocycles. The maximum absolute atomic E-state index is 13.0. The highest BCUT2D eigenvalue weighted by molar-refractivity contribution is 6.30. The average Bonchev–Trinajstić information content (AvgIpc) is 2.92. The Morgan fingerprint density at radius 1 is 1.37 bits per heavy atom. The Bertz CT molecular complexity index is 879. The van der Waals surface area contributed by atoms with E-state index in [4.69, 9.17) is 16.3 Å². The molecule has 144 valence electrons. The molecule has 0 unspecified atom stereocenters. The number of alkyl halides is 4. The van der Waals surface area contributed by atoms with Crippen molar-refractivity contribution in [1.29, 1.82) is 0 Å². The van der Waals surface area contributed by atoms with Crippen LogP contribution in [0.4, 0.5) is 17.6 Å². The van der Waals surface area contributed by atoms with Gasteiger partial charge in [-0.15, -0.1) is 0 Å². The van der Waals surface area contributed by atoms with E-state index in [1.165, 1.54) is 12.4 Å². The van der Waals surface area contributed by atoms with Gasteiger partial charge in [0.1, 0.15) is 5.15 Å². The molecule has 0 aliphatic carbocycles. The number of nitrogens with zero attached hydrogens (tertiary/aromatic N) is 3. The highest BCUT2D eigenvalue weighted by atomic mass is 35.5. The van der Waals surface area contributed by atoms with Gasteiger partial charge in [-0.2, -0.15) is 8.78 Å². The molecule has 0 aromatic carbocycles. The highest BCUT2D eigenvalue weighted by Crippen LogP contribution is 2.29. The van der Waals surface area contributed by atoms with Crippen molar-refractivity contribution in [1.82, 2.24) is 14.9 Å². The summed E-state index contributed by atoms with van der Waals surface area (Å²) in [5, 5.41) is 0.265. The number of amides is 1. The maximum atomic E-state index is 13.0. The summed E-state index contributed by atoms with van der Waals surface area (Å²) in [5.41, 5.74) is 2.14. The molecule has 0 atom stereocenters. The van der Waals surface area contributed by atoms with Crippen molar-refractivity contribution in [3.8, 4) is 5.88 Å². The Morgan fingerprint density at radius 2 is 2.11 bits per heavy atom. The number of aromatic nitrogens is 2. The zero-order chi connectivity index (χ0) is 19.8. The van der Waals surface area contributed by atoms with E-state index in [9.17, 15) is 22.4 Å². The van der Waals surface area contributed by atoms with E-state index in [0.717, 1.165) is 0 Å². The van der Waals surface area contributed by atoms with Gasteiger partial charge in [0.15, 0.2) is 6.61 Å². The van der Waals surface area contributed by atoms with Gasteiger partial charge in [-0.3, -0.25) is 4.79 Å². The van der Waals surface area contributed by atoms with Crippen molar-refractivity contribution < 1.29 is 27.1 Å². The van der Waals surface area contributed by atoms with E-state index >= 15 is 0 Å². The normalized spacial score (nSPS) is 14.0. The molecule has 0 fully saturated rings. The van der Waals surface area contributed by atoms with E-state index in [1.54, 1.807) is 24.0 Å². The Balaban J connectivity index is 1.69. The van der Waals surface area contributed by atoms with E-state index in [-0.39, 0.29) is 23.5 Å². The zero-order valence-corrected chi connectivity index (χ0v) is 14.8. The molecule has 0 radical (unpaired) electrons. The molecule has 1 aliphatic rings. The largest absolute Gasteiger partial charge is 0.471 e. The molecule has 10 heteroatoms. The second-order valence-electron chi connectivity index (χ2n) is 6.11. The Hall–Kier alpha value is -2.42. The van der Waals surface area contributed by atoms with Crippen LogP contribution in [0.3, 0.4) is 0 Å². The predicted molar refractivity (Wildman–Crippen MR) is 88.2 cm³/mol. The van der Waals surface area contributed by atoms with E-state index in [0.29, 0.717) is 28.8 Å². The summed E-state index contributed by atoms with van der Waals surface area (Å²) in [7, 11) is 0. The van der Waals surface area contributed by atoms with Crippen LogP contribution in [-0.2, 0) is 13.1 Å². The number of fused-ring (bicyclic) bond motifs is 1. The Labute approximate surface area is 156 Å². The molecule has 0 saturated heterocycles. The van der Waals surface area contributed by atoms with Gasteiger partial charge in [-0.1, -0.05) is 11.6 Å². The second-order valence-corrected chi connectivity index (χ2v) is 6.46. The first-order chi connectivity index (χ1) is 12.7. The minimum Gasteiger partial charge on any atom is -0.471 e. The lowest BCUT2D eigenvalue weighted by atomic mass is 10.2. The van der Waals surface area contributed by atoms with Gasteiger partial charge in [-0.25, -0.2) is 18.7 Å². The quantitative estimate of drug-likeness (QED) is 0.542. The number of carbonyl (C=O) groups excluding carboxylic acids is 1. The molecule has 0 bridgehead atoms. The fourth-order valence-corrected chi connectivity index (χ4v) is 2.90. The predicted octanol–water partition coefficient (Wildman–Crippen LogP) is 3.87. The molecule has 3 heterocycles. The van der Waals surface area contributed by atoms with Gasteiger partial charge >= 0.3 is 12.3 Å². The average molecular weight is 404 g/mol. The maximum Gasteiger partial charge on any atom is 0.340 e. The van der Waals surface area contributed by atoms with Crippen LogP contribution in [0, 0.1) is 6.92 Å². The first-order valence-electron chi connectivity index (χ1n) is 7.86. The number of ether oxygens (including phenoxy) is 1. The van der Waals surface area contributed by atoms with Gasteiger partial charge in [0, 0.05) is 35.6 Å². The summed E-state index contributed by atoms with van der Waals surface area (Å²) in [5.74, 6) is -4.63. The van der Waals surface area contributed by atoms with Crippen LogP contribution in [0.15, 0.2) is 24.5 Å². The second kappa shape index (κ2) is 7.30. The number of halogens is 5.